The van der Waals surface area contributed by atoms with Gasteiger partial charge in [0.25, 0.3) is 11.8 Å². The molecule has 1 N–H and O–H groups in total. The summed E-state index contributed by atoms with van der Waals surface area (Å²) in [4.78, 5) is 56.2. The Morgan fingerprint density at radius 1 is 1.03 bits per heavy atom. The van der Waals surface area contributed by atoms with Crippen LogP contribution in [0.25, 0.3) is 0 Å². The predicted molar refractivity (Wildman–Crippen MR) is 123 cm³/mol. The number of likely N-dealkylation sites (N-methyl/N-ethyl adjacent to an activating group) is 1. The van der Waals surface area contributed by atoms with Crippen molar-refractivity contribution in [3.8, 4) is 0 Å². The maximum Gasteiger partial charge on any atom is 0.327 e. The molecule has 1 aromatic rings. The number of hydrogen-bond donors (Lipinski definition) is 1. The zero-order chi connectivity index (χ0) is 23.4. The van der Waals surface area contributed by atoms with E-state index in [4.69, 9.17) is 0 Å². The monoisotopic (exact) mass is 454 g/mol. The molecule has 1 aromatic carbocycles. The molecule has 4 rings (SSSR count). The highest BCUT2D eigenvalue weighted by Crippen LogP contribution is 2.39. The van der Waals surface area contributed by atoms with Crippen molar-refractivity contribution >= 4 is 23.8 Å². The number of hydrogen-bond acceptors (Lipinski definition) is 4. The van der Waals surface area contributed by atoms with E-state index in [1.54, 1.807) is 24.1 Å². The zero-order valence-corrected chi connectivity index (χ0v) is 19.4. The van der Waals surface area contributed by atoms with Gasteiger partial charge in [0.15, 0.2) is 0 Å². The number of benzene rings is 1. The number of nitrogens with zero attached hydrogens (tertiary/aromatic N) is 3. The fraction of sp³-hybridized carbons (Fsp3) is 0.600. The van der Waals surface area contributed by atoms with Crippen LogP contribution in [0.3, 0.4) is 0 Å². The Balaban J connectivity index is 1.35. The second-order valence-corrected chi connectivity index (χ2v) is 9.47. The number of rotatable bonds is 6. The molecule has 3 fully saturated rings. The van der Waals surface area contributed by atoms with Gasteiger partial charge in [0.05, 0.1) is 0 Å². The van der Waals surface area contributed by atoms with E-state index in [0.29, 0.717) is 37.9 Å². The molecular formula is C25H34N4O4. The summed E-state index contributed by atoms with van der Waals surface area (Å²) in [6, 6.07) is 8.69. The van der Waals surface area contributed by atoms with Gasteiger partial charge in [-0.3, -0.25) is 19.3 Å². The molecule has 2 saturated heterocycles. The van der Waals surface area contributed by atoms with E-state index in [1.165, 1.54) is 0 Å². The lowest BCUT2D eigenvalue weighted by molar-refractivity contribution is -0.142. The molecule has 0 radical (unpaired) electrons. The highest BCUT2D eigenvalue weighted by Gasteiger charge is 2.56. The Bertz CT molecular complexity index is 897. The van der Waals surface area contributed by atoms with Crippen LogP contribution in [-0.2, 0) is 9.59 Å². The van der Waals surface area contributed by atoms with Gasteiger partial charge in [0.1, 0.15) is 12.1 Å². The average Bonchev–Trinajstić information content (AvgIpc) is 3.01. The van der Waals surface area contributed by atoms with Crippen molar-refractivity contribution in [1.29, 1.82) is 0 Å². The van der Waals surface area contributed by atoms with Crippen LogP contribution in [0.4, 0.5) is 4.79 Å². The molecule has 5 amide bonds. The summed E-state index contributed by atoms with van der Waals surface area (Å²) >= 11 is 0. The molecule has 178 valence electrons. The molecule has 2 aliphatic heterocycles. The molecule has 1 spiro atoms. The van der Waals surface area contributed by atoms with Gasteiger partial charge in [-0.1, -0.05) is 37.5 Å². The topological polar surface area (TPSA) is 90.0 Å². The average molecular weight is 455 g/mol. The van der Waals surface area contributed by atoms with Crippen molar-refractivity contribution in [2.24, 2.45) is 0 Å². The first-order valence-electron chi connectivity index (χ1n) is 12.2. The van der Waals surface area contributed by atoms with Gasteiger partial charge >= 0.3 is 6.03 Å². The Kier molecular flexibility index (Phi) is 7.00. The highest BCUT2D eigenvalue weighted by molar-refractivity contribution is 6.09. The maximum absolute atomic E-state index is 13.2. The number of likely N-dealkylation sites (tertiary alicyclic amines) is 1. The second kappa shape index (κ2) is 9.93. The minimum atomic E-state index is -0.765. The number of piperidine rings is 1. The molecular weight excluding hydrogens is 420 g/mol. The number of carbonyl (C=O) groups excluding carboxylic acids is 4. The summed E-state index contributed by atoms with van der Waals surface area (Å²) in [6.07, 6.45) is 7.71. The SMILES string of the molecule is CN1C(=O)N(CC(=O)N2CCCC[C@@H]2CCNC(=O)c2ccccc2)C(=O)C12CCCCC2. The Morgan fingerprint density at radius 2 is 1.76 bits per heavy atom. The summed E-state index contributed by atoms with van der Waals surface area (Å²) < 4.78 is 0. The molecule has 0 unspecified atom stereocenters. The molecule has 3 aliphatic rings. The van der Waals surface area contributed by atoms with Gasteiger partial charge in [-0.15, -0.1) is 0 Å². The van der Waals surface area contributed by atoms with Crippen LogP contribution in [0.5, 0.6) is 0 Å². The lowest BCUT2D eigenvalue weighted by Gasteiger charge is -2.37. The van der Waals surface area contributed by atoms with Gasteiger partial charge < -0.3 is 15.1 Å². The summed E-state index contributed by atoms with van der Waals surface area (Å²) in [7, 11) is 1.69. The second-order valence-electron chi connectivity index (χ2n) is 9.47. The summed E-state index contributed by atoms with van der Waals surface area (Å²) in [5.74, 6) is -0.526. The smallest absolute Gasteiger partial charge is 0.327 e. The van der Waals surface area contributed by atoms with Crippen LogP contribution < -0.4 is 5.32 Å². The van der Waals surface area contributed by atoms with Crippen molar-refractivity contribution in [3.63, 3.8) is 0 Å². The number of amides is 5. The third kappa shape index (κ3) is 4.61. The van der Waals surface area contributed by atoms with Gasteiger partial charge in [0.2, 0.25) is 5.91 Å². The van der Waals surface area contributed by atoms with E-state index in [9.17, 15) is 19.2 Å². The predicted octanol–water partition coefficient (Wildman–Crippen LogP) is 2.78. The fourth-order valence-corrected chi connectivity index (χ4v) is 5.57. The van der Waals surface area contributed by atoms with Crippen LogP contribution in [0, 0.1) is 0 Å². The molecule has 1 atom stereocenters. The van der Waals surface area contributed by atoms with Crippen molar-refractivity contribution in [2.45, 2.75) is 69.4 Å². The molecule has 2 heterocycles. The normalized spacial score (nSPS) is 22.7. The van der Waals surface area contributed by atoms with Crippen LogP contribution in [-0.4, -0.2) is 76.7 Å². The highest BCUT2D eigenvalue weighted by atomic mass is 16.2. The number of imide groups is 1. The van der Waals surface area contributed by atoms with E-state index >= 15 is 0 Å². The van der Waals surface area contributed by atoms with Crippen molar-refractivity contribution in [2.75, 3.05) is 26.7 Å². The number of urea groups is 1. The minimum absolute atomic E-state index is 0.00324. The molecule has 8 nitrogen and oxygen atoms in total. The molecule has 0 aromatic heterocycles. The van der Waals surface area contributed by atoms with Crippen molar-refractivity contribution in [1.82, 2.24) is 20.0 Å². The lowest BCUT2D eigenvalue weighted by Crippen LogP contribution is -2.51. The first-order chi connectivity index (χ1) is 15.9. The largest absolute Gasteiger partial charge is 0.352 e. The van der Waals surface area contributed by atoms with Gasteiger partial charge in [-0.25, -0.2) is 4.79 Å². The molecule has 1 aliphatic carbocycles. The van der Waals surface area contributed by atoms with Gasteiger partial charge in [0, 0.05) is 31.7 Å². The quantitative estimate of drug-likeness (QED) is 0.670. The van der Waals surface area contributed by atoms with Gasteiger partial charge in [-0.2, -0.15) is 0 Å². The lowest BCUT2D eigenvalue weighted by atomic mass is 9.81. The van der Waals surface area contributed by atoms with E-state index in [0.717, 1.165) is 43.4 Å². The summed E-state index contributed by atoms with van der Waals surface area (Å²) in [6.45, 7) is 0.888. The standard InChI is InChI=1S/C25H34N4O4/c1-27-24(33)29(23(32)25(27)14-7-3-8-15-25)18-21(30)28-17-9-6-12-20(28)13-16-26-22(31)19-10-4-2-5-11-19/h2,4-5,10-11,20H,3,6-9,12-18H2,1H3,(H,26,31)/t20-/m1/s1. The van der Waals surface area contributed by atoms with Crippen LogP contribution in [0.15, 0.2) is 30.3 Å². The summed E-state index contributed by atoms with van der Waals surface area (Å²) in [5.41, 5.74) is -0.153. The Hall–Kier alpha value is -2.90. The third-order valence-corrected chi connectivity index (χ3v) is 7.52. The van der Waals surface area contributed by atoms with Crippen molar-refractivity contribution < 1.29 is 19.2 Å². The van der Waals surface area contributed by atoms with E-state index in [-0.39, 0.29) is 36.3 Å². The fourth-order valence-electron chi connectivity index (χ4n) is 5.57. The van der Waals surface area contributed by atoms with E-state index in [2.05, 4.69) is 5.32 Å². The van der Waals surface area contributed by atoms with Crippen LogP contribution in [0.2, 0.25) is 0 Å². The maximum atomic E-state index is 13.2. The molecule has 33 heavy (non-hydrogen) atoms. The van der Waals surface area contributed by atoms with Crippen LogP contribution >= 0.6 is 0 Å². The third-order valence-electron chi connectivity index (χ3n) is 7.52. The number of nitrogens with one attached hydrogen (secondary N) is 1. The summed E-state index contributed by atoms with van der Waals surface area (Å²) in [5, 5.41) is 2.94. The Labute approximate surface area is 195 Å². The van der Waals surface area contributed by atoms with Crippen LogP contribution in [0.1, 0.15) is 68.1 Å². The van der Waals surface area contributed by atoms with E-state index < -0.39 is 5.54 Å². The van der Waals surface area contributed by atoms with Crippen molar-refractivity contribution in [3.05, 3.63) is 35.9 Å². The molecule has 1 saturated carbocycles. The molecule has 8 heteroatoms. The minimum Gasteiger partial charge on any atom is -0.352 e. The van der Waals surface area contributed by atoms with Gasteiger partial charge in [-0.05, 0) is 50.7 Å². The first kappa shape index (κ1) is 23.3. The van der Waals surface area contributed by atoms with E-state index in [1.807, 2.05) is 23.1 Å². The molecule has 0 bridgehead atoms. The number of carbonyl (C=O) groups is 4. The first-order valence-corrected chi connectivity index (χ1v) is 12.2. The Morgan fingerprint density at radius 3 is 2.48 bits per heavy atom. The zero-order valence-electron chi connectivity index (χ0n) is 19.4.